The van der Waals surface area contributed by atoms with E-state index in [9.17, 15) is 0 Å². The number of para-hydroxylation sites is 1. The first-order valence-corrected chi connectivity index (χ1v) is 7.75. The molecule has 2 unspecified atom stereocenters. The Morgan fingerprint density at radius 1 is 1.50 bits per heavy atom. The number of aromatic nitrogens is 1. The molecule has 0 aliphatic carbocycles. The van der Waals surface area contributed by atoms with E-state index in [0.29, 0.717) is 5.92 Å². The second-order valence-corrected chi connectivity index (χ2v) is 6.02. The lowest BCUT2D eigenvalue weighted by Crippen LogP contribution is -2.30. The minimum absolute atomic E-state index is 0.152. The van der Waals surface area contributed by atoms with E-state index in [1.807, 2.05) is 24.6 Å². The van der Waals surface area contributed by atoms with Crippen molar-refractivity contribution in [2.75, 3.05) is 6.61 Å². The van der Waals surface area contributed by atoms with Crippen LogP contribution in [0.3, 0.4) is 0 Å². The highest BCUT2D eigenvalue weighted by atomic mass is 32.1. The molecule has 0 spiro atoms. The summed E-state index contributed by atoms with van der Waals surface area (Å²) < 4.78 is 5.72. The maximum Gasteiger partial charge on any atom is 0.122 e. The molecular weight excluding hydrogens is 270 g/mol. The normalized spacial score (nSPS) is 19.2. The van der Waals surface area contributed by atoms with Crippen LogP contribution in [0.1, 0.15) is 40.9 Å². The highest BCUT2D eigenvalue weighted by molar-refractivity contribution is 7.09. The summed E-state index contributed by atoms with van der Waals surface area (Å²) in [6, 6.07) is 8.45. The third kappa shape index (κ3) is 2.57. The average Bonchev–Trinajstić information content (AvgIpc) is 2.91. The molecule has 5 heteroatoms. The Morgan fingerprint density at radius 3 is 3.10 bits per heavy atom. The molecular formula is C15H19N3OS. The van der Waals surface area contributed by atoms with Crippen LogP contribution in [0.25, 0.3) is 0 Å². The predicted octanol–water partition coefficient (Wildman–Crippen LogP) is 2.91. The van der Waals surface area contributed by atoms with Crippen LogP contribution < -0.4 is 16.0 Å². The Morgan fingerprint density at radius 2 is 2.35 bits per heavy atom. The zero-order valence-corrected chi connectivity index (χ0v) is 12.3. The number of nitrogens with two attached hydrogens (primary N) is 1. The maximum absolute atomic E-state index is 5.77. The van der Waals surface area contributed by atoms with Crippen LogP contribution in [0, 0.1) is 6.92 Å². The minimum atomic E-state index is 0.152. The summed E-state index contributed by atoms with van der Waals surface area (Å²) in [5.41, 5.74) is 7.20. The van der Waals surface area contributed by atoms with E-state index in [4.69, 9.17) is 10.6 Å². The number of benzene rings is 1. The molecule has 1 aromatic carbocycles. The first kappa shape index (κ1) is 13.5. The molecule has 1 aromatic heterocycles. The lowest BCUT2D eigenvalue weighted by Gasteiger charge is -2.28. The summed E-state index contributed by atoms with van der Waals surface area (Å²) in [5, 5.41) is 0. The average molecular weight is 289 g/mol. The SMILES string of the molecule is Cc1ncsc1C(CC1CCOc2ccccc21)NN. The topological polar surface area (TPSA) is 60.2 Å². The standard InChI is InChI=1S/C15H19N3OS/c1-10-15(20-9-17-10)13(18-16)8-11-6-7-19-14-5-3-2-4-12(11)14/h2-5,9,11,13,18H,6-8,16H2,1H3. The zero-order chi connectivity index (χ0) is 13.9. The molecule has 0 bridgehead atoms. The van der Waals surface area contributed by atoms with Crippen molar-refractivity contribution >= 4 is 11.3 Å². The van der Waals surface area contributed by atoms with Crippen molar-refractivity contribution in [1.29, 1.82) is 0 Å². The van der Waals surface area contributed by atoms with Crippen molar-refractivity contribution in [3.8, 4) is 5.75 Å². The Kier molecular flexibility index (Phi) is 4.00. The Hall–Kier alpha value is -1.43. The molecule has 0 fully saturated rings. The Bertz CT molecular complexity index is 584. The number of ether oxygens (including phenoxy) is 1. The van der Waals surface area contributed by atoms with Crippen molar-refractivity contribution < 1.29 is 4.74 Å². The van der Waals surface area contributed by atoms with Crippen LogP contribution >= 0.6 is 11.3 Å². The van der Waals surface area contributed by atoms with Gasteiger partial charge in [0.2, 0.25) is 0 Å². The number of hydrogen-bond donors (Lipinski definition) is 2. The van der Waals surface area contributed by atoms with E-state index in [2.05, 4.69) is 22.5 Å². The number of aryl methyl sites for hydroxylation is 1. The van der Waals surface area contributed by atoms with Gasteiger partial charge in [0.15, 0.2) is 0 Å². The summed E-state index contributed by atoms with van der Waals surface area (Å²) in [6.07, 6.45) is 2.01. The van der Waals surface area contributed by atoms with Gasteiger partial charge in [-0.1, -0.05) is 18.2 Å². The molecule has 0 saturated heterocycles. The molecule has 106 valence electrons. The van der Waals surface area contributed by atoms with Crippen LogP contribution in [0.15, 0.2) is 29.8 Å². The molecule has 2 heterocycles. The van der Waals surface area contributed by atoms with Crippen LogP contribution in [0.5, 0.6) is 5.75 Å². The number of hydrazine groups is 1. The molecule has 20 heavy (non-hydrogen) atoms. The van der Waals surface area contributed by atoms with E-state index in [0.717, 1.165) is 30.9 Å². The van der Waals surface area contributed by atoms with Gasteiger partial charge in [-0.3, -0.25) is 11.3 Å². The molecule has 3 N–H and O–H groups in total. The maximum atomic E-state index is 5.77. The number of hydrogen-bond acceptors (Lipinski definition) is 5. The molecule has 0 saturated carbocycles. The van der Waals surface area contributed by atoms with Gasteiger partial charge >= 0.3 is 0 Å². The predicted molar refractivity (Wildman–Crippen MR) is 80.8 cm³/mol. The Balaban J connectivity index is 1.82. The van der Waals surface area contributed by atoms with Crippen molar-refractivity contribution in [3.63, 3.8) is 0 Å². The molecule has 2 aromatic rings. The van der Waals surface area contributed by atoms with Crippen molar-refractivity contribution in [2.24, 2.45) is 5.84 Å². The molecule has 0 amide bonds. The quantitative estimate of drug-likeness (QED) is 0.671. The first-order valence-electron chi connectivity index (χ1n) is 6.87. The lowest BCUT2D eigenvalue weighted by atomic mass is 9.87. The van der Waals surface area contributed by atoms with E-state index >= 15 is 0 Å². The third-order valence-corrected chi connectivity index (χ3v) is 4.95. The summed E-state index contributed by atoms with van der Waals surface area (Å²) in [4.78, 5) is 5.55. The second kappa shape index (κ2) is 5.91. The molecule has 4 nitrogen and oxygen atoms in total. The van der Waals surface area contributed by atoms with Crippen LogP contribution in [-0.4, -0.2) is 11.6 Å². The smallest absolute Gasteiger partial charge is 0.122 e. The van der Waals surface area contributed by atoms with E-state index < -0.39 is 0 Å². The molecule has 2 atom stereocenters. The van der Waals surface area contributed by atoms with E-state index in [1.54, 1.807) is 11.3 Å². The molecule has 1 aliphatic rings. The number of fused-ring (bicyclic) bond motifs is 1. The summed E-state index contributed by atoms with van der Waals surface area (Å²) >= 11 is 1.67. The fourth-order valence-corrected chi connectivity index (χ4v) is 3.72. The highest BCUT2D eigenvalue weighted by Crippen LogP contribution is 2.39. The number of thiazole rings is 1. The van der Waals surface area contributed by atoms with Crippen molar-refractivity contribution in [3.05, 3.63) is 45.9 Å². The number of nitrogens with zero attached hydrogens (tertiary/aromatic N) is 1. The van der Waals surface area contributed by atoms with Gasteiger partial charge in [0.25, 0.3) is 0 Å². The lowest BCUT2D eigenvalue weighted by molar-refractivity contribution is 0.255. The van der Waals surface area contributed by atoms with Crippen LogP contribution in [0.4, 0.5) is 0 Å². The van der Waals surface area contributed by atoms with Gasteiger partial charge < -0.3 is 4.74 Å². The molecule has 1 aliphatic heterocycles. The van der Waals surface area contributed by atoms with Gasteiger partial charge in [0.1, 0.15) is 5.75 Å². The molecule has 0 radical (unpaired) electrons. The molecule has 3 rings (SSSR count). The van der Waals surface area contributed by atoms with E-state index in [1.165, 1.54) is 10.4 Å². The van der Waals surface area contributed by atoms with Gasteiger partial charge in [0.05, 0.1) is 23.9 Å². The Labute approximate surface area is 123 Å². The van der Waals surface area contributed by atoms with Crippen molar-refractivity contribution in [2.45, 2.75) is 31.7 Å². The van der Waals surface area contributed by atoms with Gasteiger partial charge in [-0.15, -0.1) is 11.3 Å². The summed E-state index contributed by atoms with van der Waals surface area (Å²) in [7, 11) is 0. The second-order valence-electron chi connectivity index (χ2n) is 5.13. The first-order chi connectivity index (χ1) is 9.79. The minimum Gasteiger partial charge on any atom is -0.493 e. The van der Waals surface area contributed by atoms with Gasteiger partial charge in [-0.05, 0) is 37.3 Å². The highest BCUT2D eigenvalue weighted by Gasteiger charge is 2.26. The number of rotatable bonds is 4. The van der Waals surface area contributed by atoms with Crippen molar-refractivity contribution in [1.82, 2.24) is 10.4 Å². The zero-order valence-electron chi connectivity index (χ0n) is 11.5. The van der Waals surface area contributed by atoms with Crippen LogP contribution in [-0.2, 0) is 0 Å². The fraction of sp³-hybridized carbons (Fsp3) is 0.400. The van der Waals surface area contributed by atoms with Gasteiger partial charge in [0, 0.05) is 4.88 Å². The fourth-order valence-electron chi connectivity index (χ4n) is 2.84. The monoisotopic (exact) mass is 289 g/mol. The third-order valence-electron chi connectivity index (χ3n) is 3.90. The number of nitrogens with one attached hydrogen (secondary N) is 1. The van der Waals surface area contributed by atoms with E-state index in [-0.39, 0.29) is 6.04 Å². The largest absolute Gasteiger partial charge is 0.493 e. The van der Waals surface area contributed by atoms with Gasteiger partial charge in [-0.2, -0.15) is 0 Å². The summed E-state index contributed by atoms with van der Waals surface area (Å²) in [6.45, 7) is 2.81. The summed E-state index contributed by atoms with van der Waals surface area (Å²) in [5.74, 6) is 7.26. The van der Waals surface area contributed by atoms with Gasteiger partial charge in [-0.25, -0.2) is 4.98 Å². The van der Waals surface area contributed by atoms with Crippen LogP contribution in [0.2, 0.25) is 0 Å².